The molecule has 0 spiro atoms. The number of rotatable bonds is 6. The van der Waals surface area contributed by atoms with Crippen molar-refractivity contribution in [2.24, 2.45) is 5.16 Å². The molecule has 2 rings (SSSR count). The SMILES string of the molecule is C=C(C)C(=O)O/N=C(\c1ccccc1)C(F)(F)S(=O)(=O)C1CCCCC1. The molecule has 142 valence electrons. The van der Waals surface area contributed by atoms with Gasteiger partial charge in [-0.1, -0.05) is 61.3 Å². The number of hydrogen-bond acceptors (Lipinski definition) is 5. The third-order valence-corrected chi connectivity index (χ3v) is 6.50. The Bertz CT molecular complexity index is 798. The fourth-order valence-corrected chi connectivity index (χ4v) is 4.55. The molecule has 1 fully saturated rings. The Labute approximate surface area is 151 Å². The molecule has 5 nitrogen and oxygen atoms in total. The summed E-state index contributed by atoms with van der Waals surface area (Å²) in [7, 11) is -4.85. The van der Waals surface area contributed by atoms with E-state index in [0.29, 0.717) is 12.8 Å². The summed E-state index contributed by atoms with van der Waals surface area (Å²) in [6, 6.07) is 7.10. The van der Waals surface area contributed by atoms with Crippen molar-refractivity contribution >= 4 is 21.5 Å². The highest BCUT2D eigenvalue weighted by Gasteiger charge is 2.54. The van der Waals surface area contributed by atoms with Crippen LogP contribution in [0.5, 0.6) is 0 Å². The highest BCUT2D eigenvalue weighted by atomic mass is 32.2. The quantitative estimate of drug-likeness (QED) is 0.323. The highest BCUT2D eigenvalue weighted by molar-refractivity contribution is 7.93. The summed E-state index contributed by atoms with van der Waals surface area (Å²) in [6.07, 6.45) is 2.37. The molecule has 0 amide bonds. The number of hydrogen-bond donors (Lipinski definition) is 0. The molecule has 8 heteroatoms. The van der Waals surface area contributed by atoms with Gasteiger partial charge < -0.3 is 4.84 Å². The molecule has 0 N–H and O–H groups in total. The molecule has 0 heterocycles. The second-order valence-corrected chi connectivity index (χ2v) is 8.56. The van der Waals surface area contributed by atoms with Crippen molar-refractivity contribution in [2.45, 2.75) is 49.5 Å². The van der Waals surface area contributed by atoms with Crippen LogP contribution < -0.4 is 0 Å². The third-order valence-electron chi connectivity index (χ3n) is 4.24. The smallest absolute Gasteiger partial charge is 0.313 e. The van der Waals surface area contributed by atoms with Gasteiger partial charge in [0.15, 0.2) is 5.71 Å². The first-order chi connectivity index (χ1) is 12.2. The number of carbonyl (C=O) groups excluding carboxylic acids is 1. The van der Waals surface area contributed by atoms with Gasteiger partial charge in [0.2, 0.25) is 9.84 Å². The molecule has 0 radical (unpaired) electrons. The number of carbonyl (C=O) groups is 1. The van der Waals surface area contributed by atoms with Gasteiger partial charge in [-0.15, -0.1) is 0 Å². The maximum Gasteiger partial charge on any atom is 0.391 e. The molecule has 1 saturated carbocycles. The summed E-state index contributed by atoms with van der Waals surface area (Å²) in [6.45, 7) is 4.67. The van der Waals surface area contributed by atoms with Crippen LogP contribution in [0.1, 0.15) is 44.6 Å². The third kappa shape index (κ3) is 4.17. The summed E-state index contributed by atoms with van der Waals surface area (Å²) < 4.78 is 55.3. The van der Waals surface area contributed by atoms with Gasteiger partial charge in [-0.3, -0.25) is 0 Å². The zero-order chi connectivity index (χ0) is 19.4. The summed E-state index contributed by atoms with van der Waals surface area (Å²) in [4.78, 5) is 16.0. The van der Waals surface area contributed by atoms with E-state index < -0.39 is 32.0 Å². The normalized spacial score (nSPS) is 17.0. The second-order valence-electron chi connectivity index (χ2n) is 6.29. The molecule has 26 heavy (non-hydrogen) atoms. The standard InChI is InChI=1S/C18H21F2NO4S/c1-13(2)17(22)25-21-16(14-9-5-3-6-10-14)18(19,20)26(23,24)15-11-7-4-8-12-15/h3,5-6,9-10,15H,1,4,7-8,11-12H2,2H3/b21-16+. The lowest BCUT2D eigenvalue weighted by molar-refractivity contribution is -0.139. The van der Waals surface area contributed by atoms with Crippen LogP contribution in [-0.2, 0) is 19.5 Å². The van der Waals surface area contributed by atoms with E-state index in [1.807, 2.05) is 0 Å². The minimum atomic E-state index is -4.85. The van der Waals surface area contributed by atoms with Crippen LogP contribution in [0.4, 0.5) is 8.78 Å². The van der Waals surface area contributed by atoms with Crippen molar-refractivity contribution in [1.29, 1.82) is 0 Å². The van der Waals surface area contributed by atoms with E-state index in [1.54, 1.807) is 6.07 Å². The van der Waals surface area contributed by atoms with E-state index in [4.69, 9.17) is 0 Å². The lowest BCUT2D eigenvalue weighted by atomic mass is 10.0. The van der Waals surface area contributed by atoms with E-state index in [0.717, 1.165) is 6.42 Å². The maximum absolute atomic E-state index is 15.1. The molecule has 0 bridgehead atoms. The molecule has 1 aromatic rings. The van der Waals surface area contributed by atoms with Gasteiger partial charge in [-0.2, -0.15) is 8.78 Å². The molecular weight excluding hydrogens is 364 g/mol. The molecule has 0 saturated heterocycles. The average Bonchev–Trinajstić information content (AvgIpc) is 2.63. The molecular formula is C18H21F2NO4S. The first-order valence-electron chi connectivity index (χ1n) is 8.30. The van der Waals surface area contributed by atoms with E-state index in [-0.39, 0.29) is 24.0 Å². The summed E-state index contributed by atoms with van der Waals surface area (Å²) >= 11 is 0. The van der Waals surface area contributed by atoms with Crippen molar-refractivity contribution in [3.05, 3.63) is 48.0 Å². The first-order valence-corrected chi connectivity index (χ1v) is 9.84. The topological polar surface area (TPSA) is 72.8 Å². The lowest BCUT2D eigenvalue weighted by Gasteiger charge is -2.27. The second kappa shape index (κ2) is 8.07. The fourth-order valence-electron chi connectivity index (χ4n) is 2.75. The molecule has 1 aliphatic carbocycles. The average molecular weight is 385 g/mol. The van der Waals surface area contributed by atoms with Crippen LogP contribution in [0.2, 0.25) is 0 Å². The van der Waals surface area contributed by atoms with E-state index in [9.17, 15) is 13.2 Å². The Morgan fingerprint density at radius 2 is 1.77 bits per heavy atom. The zero-order valence-corrected chi connectivity index (χ0v) is 15.3. The zero-order valence-electron chi connectivity index (χ0n) is 14.5. The van der Waals surface area contributed by atoms with E-state index in [2.05, 4.69) is 16.6 Å². The molecule has 0 aromatic heterocycles. The Hall–Kier alpha value is -2.09. The molecule has 1 aromatic carbocycles. The van der Waals surface area contributed by atoms with Crippen molar-refractivity contribution in [2.75, 3.05) is 0 Å². The predicted octanol–water partition coefficient (Wildman–Crippen LogP) is 3.85. The van der Waals surface area contributed by atoms with Gasteiger partial charge >= 0.3 is 11.2 Å². The minimum absolute atomic E-state index is 0.0420. The highest BCUT2D eigenvalue weighted by Crippen LogP contribution is 2.36. The number of benzene rings is 1. The largest absolute Gasteiger partial charge is 0.391 e. The Morgan fingerprint density at radius 3 is 2.31 bits per heavy atom. The van der Waals surface area contributed by atoms with Gasteiger partial charge in [0.25, 0.3) is 0 Å². The molecule has 0 unspecified atom stereocenters. The van der Waals surface area contributed by atoms with Crippen LogP contribution in [0.15, 0.2) is 47.6 Å². The van der Waals surface area contributed by atoms with Crippen LogP contribution >= 0.6 is 0 Å². The Balaban J connectivity index is 2.47. The molecule has 0 aliphatic heterocycles. The van der Waals surface area contributed by atoms with E-state index in [1.165, 1.54) is 31.2 Å². The number of sulfone groups is 1. The monoisotopic (exact) mass is 385 g/mol. The molecule has 0 atom stereocenters. The van der Waals surface area contributed by atoms with Gasteiger partial charge in [0.1, 0.15) is 0 Å². The Morgan fingerprint density at radius 1 is 1.19 bits per heavy atom. The van der Waals surface area contributed by atoms with Crippen molar-refractivity contribution < 1.29 is 26.8 Å². The van der Waals surface area contributed by atoms with Crippen LogP contribution in [0.3, 0.4) is 0 Å². The van der Waals surface area contributed by atoms with Crippen LogP contribution in [-0.4, -0.2) is 30.6 Å². The van der Waals surface area contributed by atoms with Crippen molar-refractivity contribution in [3.63, 3.8) is 0 Å². The Kier molecular flexibility index (Phi) is 6.28. The summed E-state index contributed by atoms with van der Waals surface area (Å²) in [5, 5.41) is -2.20. The van der Waals surface area contributed by atoms with Gasteiger partial charge in [0.05, 0.1) is 5.25 Å². The minimum Gasteiger partial charge on any atom is -0.313 e. The number of halogens is 2. The fraction of sp³-hybridized carbons (Fsp3) is 0.444. The predicted molar refractivity (Wildman–Crippen MR) is 94.6 cm³/mol. The van der Waals surface area contributed by atoms with Gasteiger partial charge in [-0.25, -0.2) is 13.2 Å². The summed E-state index contributed by atoms with van der Waals surface area (Å²) in [5.41, 5.74) is -1.27. The van der Waals surface area contributed by atoms with Crippen molar-refractivity contribution in [3.8, 4) is 0 Å². The number of oxime groups is 1. The van der Waals surface area contributed by atoms with Crippen LogP contribution in [0, 0.1) is 0 Å². The van der Waals surface area contributed by atoms with Crippen LogP contribution in [0.25, 0.3) is 0 Å². The lowest BCUT2D eigenvalue weighted by Crippen LogP contribution is -2.45. The number of nitrogens with zero attached hydrogens (tertiary/aromatic N) is 1. The van der Waals surface area contributed by atoms with Crippen molar-refractivity contribution in [1.82, 2.24) is 0 Å². The first kappa shape index (κ1) is 20.2. The van der Waals surface area contributed by atoms with E-state index >= 15 is 8.78 Å². The van der Waals surface area contributed by atoms with Gasteiger partial charge in [-0.05, 0) is 19.8 Å². The summed E-state index contributed by atoms with van der Waals surface area (Å²) in [5.74, 6) is -1.01. The maximum atomic E-state index is 15.1. The van der Waals surface area contributed by atoms with Gasteiger partial charge in [0, 0.05) is 11.1 Å². The molecule has 1 aliphatic rings. The number of alkyl halides is 2.